The van der Waals surface area contributed by atoms with Crippen LogP contribution in [0, 0.1) is 0 Å². The number of rotatable bonds is 5. The van der Waals surface area contributed by atoms with Gasteiger partial charge in [0.2, 0.25) is 5.76 Å². The van der Waals surface area contributed by atoms with Gasteiger partial charge in [-0.05, 0) is 35.2 Å². The predicted octanol–water partition coefficient (Wildman–Crippen LogP) is 4.45. The quantitative estimate of drug-likeness (QED) is 0.556. The van der Waals surface area contributed by atoms with Crippen LogP contribution in [0.15, 0.2) is 51.7 Å². The van der Waals surface area contributed by atoms with E-state index < -0.39 is 6.04 Å². The summed E-state index contributed by atoms with van der Waals surface area (Å²) in [5.74, 6) is 0.282. The highest BCUT2D eigenvalue weighted by molar-refractivity contribution is 6.31. The monoisotopic (exact) mass is 466 g/mol. The fourth-order valence-corrected chi connectivity index (χ4v) is 4.88. The van der Waals surface area contributed by atoms with Gasteiger partial charge in [-0.1, -0.05) is 49.7 Å². The minimum absolute atomic E-state index is 0.134. The molecule has 0 N–H and O–H groups in total. The second kappa shape index (κ2) is 8.93. The van der Waals surface area contributed by atoms with Gasteiger partial charge < -0.3 is 14.1 Å². The van der Waals surface area contributed by atoms with Crippen LogP contribution in [0.25, 0.3) is 11.0 Å². The van der Waals surface area contributed by atoms with Gasteiger partial charge >= 0.3 is 0 Å². The molecule has 2 aliphatic rings. The molecule has 7 heteroatoms. The van der Waals surface area contributed by atoms with E-state index >= 15 is 0 Å². The molecule has 3 heterocycles. The number of carbonyl (C=O) groups is 1. The Morgan fingerprint density at radius 2 is 1.76 bits per heavy atom. The van der Waals surface area contributed by atoms with Gasteiger partial charge in [0.05, 0.1) is 30.2 Å². The highest BCUT2D eigenvalue weighted by atomic mass is 35.5. The summed E-state index contributed by atoms with van der Waals surface area (Å²) in [6.45, 7) is 8.55. The molecule has 6 nitrogen and oxygen atoms in total. The number of halogens is 1. The lowest BCUT2D eigenvalue weighted by atomic mass is 9.95. The summed E-state index contributed by atoms with van der Waals surface area (Å²) >= 11 is 6.16. The molecule has 5 rings (SSSR count). The Balaban J connectivity index is 1.59. The summed E-state index contributed by atoms with van der Waals surface area (Å²) < 4.78 is 11.4. The van der Waals surface area contributed by atoms with Crippen molar-refractivity contribution in [3.05, 3.63) is 80.2 Å². The Morgan fingerprint density at radius 1 is 1.03 bits per heavy atom. The van der Waals surface area contributed by atoms with Crippen molar-refractivity contribution in [2.24, 2.45) is 0 Å². The molecule has 0 spiro atoms. The first kappa shape index (κ1) is 22.1. The number of hydrogen-bond acceptors (Lipinski definition) is 5. The van der Waals surface area contributed by atoms with Gasteiger partial charge in [0.1, 0.15) is 5.58 Å². The van der Waals surface area contributed by atoms with E-state index in [2.05, 4.69) is 30.9 Å². The number of benzene rings is 2. The maximum atomic E-state index is 13.6. The average molecular weight is 467 g/mol. The van der Waals surface area contributed by atoms with Gasteiger partial charge in [0.25, 0.3) is 5.91 Å². The Morgan fingerprint density at radius 3 is 2.45 bits per heavy atom. The van der Waals surface area contributed by atoms with Crippen molar-refractivity contribution in [3.63, 3.8) is 0 Å². The molecule has 1 saturated heterocycles. The maximum Gasteiger partial charge on any atom is 0.290 e. The maximum absolute atomic E-state index is 13.6. The normalized spacial score (nSPS) is 19.0. The van der Waals surface area contributed by atoms with E-state index in [-0.39, 0.29) is 17.1 Å². The topological polar surface area (TPSA) is 63.0 Å². The van der Waals surface area contributed by atoms with Crippen molar-refractivity contribution in [1.29, 1.82) is 0 Å². The summed E-state index contributed by atoms with van der Waals surface area (Å²) in [6, 6.07) is 12.6. The van der Waals surface area contributed by atoms with Gasteiger partial charge in [0.15, 0.2) is 5.43 Å². The zero-order valence-corrected chi connectivity index (χ0v) is 19.6. The molecule has 33 heavy (non-hydrogen) atoms. The molecule has 1 fully saturated rings. The number of carbonyl (C=O) groups excluding carboxylic acids is 1. The summed E-state index contributed by atoms with van der Waals surface area (Å²) in [4.78, 5) is 31.2. The number of fused-ring (bicyclic) bond motifs is 2. The Kier molecular flexibility index (Phi) is 5.99. The zero-order valence-electron chi connectivity index (χ0n) is 18.8. The van der Waals surface area contributed by atoms with Crippen molar-refractivity contribution in [3.8, 4) is 0 Å². The van der Waals surface area contributed by atoms with Crippen LogP contribution in [-0.2, 0) is 4.74 Å². The van der Waals surface area contributed by atoms with E-state index in [9.17, 15) is 9.59 Å². The van der Waals surface area contributed by atoms with Gasteiger partial charge in [-0.3, -0.25) is 14.5 Å². The first-order valence-corrected chi connectivity index (χ1v) is 11.8. The molecule has 1 aromatic heterocycles. The van der Waals surface area contributed by atoms with E-state index in [4.69, 9.17) is 20.8 Å². The lowest BCUT2D eigenvalue weighted by molar-refractivity contribution is 0.0314. The molecule has 1 atom stereocenters. The Hall–Kier alpha value is -2.67. The van der Waals surface area contributed by atoms with Crippen molar-refractivity contribution in [2.45, 2.75) is 25.8 Å². The predicted molar refractivity (Wildman–Crippen MR) is 128 cm³/mol. The SMILES string of the molecule is CC(C)c1ccc(C2c3c(oc4ccc(Cl)cc4c3=O)C(=O)N2CCN2CCOCC2)cc1. The third kappa shape index (κ3) is 4.07. The molecule has 3 aromatic rings. The Bertz CT molecular complexity index is 1250. The van der Waals surface area contributed by atoms with Crippen LogP contribution in [0.1, 0.15) is 53.1 Å². The van der Waals surface area contributed by atoms with Crippen LogP contribution in [0.5, 0.6) is 0 Å². The fourth-order valence-electron chi connectivity index (χ4n) is 4.71. The Labute approximate surface area is 197 Å². The van der Waals surface area contributed by atoms with Gasteiger partial charge in [-0.15, -0.1) is 0 Å². The molecule has 2 aliphatic heterocycles. The lowest BCUT2D eigenvalue weighted by Crippen LogP contribution is -2.42. The molecule has 2 aromatic carbocycles. The largest absolute Gasteiger partial charge is 0.450 e. The van der Waals surface area contributed by atoms with Crippen LogP contribution in [0.3, 0.4) is 0 Å². The standard InChI is InChI=1S/C26H27ClN2O4/c1-16(2)17-3-5-18(6-4-17)23-22-24(30)20-15-19(27)7-8-21(20)33-25(22)26(31)29(23)10-9-28-11-13-32-14-12-28/h3-8,15-16,23H,9-14H2,1-2H3. The van der Waals surface area contributed by atoms with Crippen LogP contribution in [0.2, 0.25) is 5.02 Å². The van der Waals surface area contributed by atoms with E-state index in [0.717, 1.165) is 18.7 Å². The highest BCUT2D eigenvalue weighted by Gasteiger charge is 2.42. The molecular formula is C26H27ClN2O4. The summed E-state index contributed by atoms with van der Waals surface area (Å²) in [5, 5.41) is 0.856. The molecular weight excluding hydrogens is 440 g/mol. The van der Waals surface area contributed by atoms with Crippen molar-refractivity contribution >= 4 is 28.5 Å². The fraction of sp³-hybridized carbons (Fsp3) is 0.385. The molecule has 0 bridgehead atoms. The minimum Gasteiger partial charge on any atom is -0.450 e. The number of morpholine rings is 1. The number of nitrogens with zero attached hydrogens (tertiary/aromatic N) is 2. The number of amides is 1. The van der Waals surface area contributed by atoms with E-state index in [1.807, 2.05) is 12.1 Å². The highest BCUT2D eigenvalue weighted by Crippen LogP contribution is 2.38. The summed E-state index contributed by atoms with van der Waals surface area (Å²) in [7, 11) is 0. The van der Waals surface area contributed by atoms with Crippen LogP contribution in [0.4, 0.5) is 0 Å². The first-order chi connectivity index (χ1) is 15.9. The van der Waals surface area contributed by atoms with Crippen LogP contribution in [-0.4, -0.2) is 55.1 Å². The van der Waals surface area contributed by atoms with Crippen molar-refractivity contribution in [2.75, 3.05) is 39.4 Å². The van der Waals surface area contributed by atoms with Crippen LogP contribution >= 0.6 is 11.6 Å². The summed E-state index contributed by atoms with van der Waals surface area (Å²) in [5.41, 5.74) is 2.69. The average Bonchev–Trinajstić information content (AvgIpc) is 3.10. The van der Waals surface area contributed by atoms with Crippen molar-refractivity contribution in [1.82, 2.24) is 9.80 Å². The summed E-state index contributed by atoms with van der Waals surface area (Å²) in [6.07, 6.45) is 0. The smallest absolute Gasteiger partial charge is 0.290 e. The molecule has 0 radical (unpaired) electrons. The molecule has 1 unspecified atom stereocenters. The van der Waals surface area contributed by atoms with Gasteiger partial charge in [-0.2, -0.15) is 0 Å². The molecule has 1 amide bonds. The minimum atomic E-state index is -0.491. The van der Waals surface area contributed by atoms with Gasteiger partial charge in [-0.25, -0.2) is 0 Å². The second-order valence-corrected chi connectivity index (χ2v) is 9.43. The molecule has 0 saturated carbocycles. The third-order valence-electron chi connectivity index (χ3n) is 6.61. The van der Waals surface area contributed by atoms with Gasteiger partial charge in [0, 0.05) is 31.2 Å². The molecule has 172 valence electrons. The number of ether oxygens (including phenoxy) is 1. The molecule has 0 aliphatic carbocycles. The van der Waals surface area contributed by atoms with Crippen molar-refractivity contribution < 1.29 is 13.9 Å². The number of hydrogen-bond donors (Lipinski definition) is 0. The second-order valence-electron chi connectivity index (χ2n) is 8.99. The van der Waals surface area contributed by atoms with E-state index in [1.165, 1.54) is 5.56 Å². The van der Waals surface area contributed by atoms with Crippen LogP contribution < -0.4 is 5.43 Å². The first-order valence-electron chi connectivity index (χ1n) is 11.4. The zero-order chi connectivity index (χ0) is 23.1. The lowest BCUT2D eigenvalue weighted by Gasteiger charge is -2.31. The van der Waals surface area contributed by atoms with E-state index in [0.29, 0.717) is 53.8 Å². The van der Waals surface area contributed by atoms with E-state index in [1.54, 1.807) is 23.1 Å². The third-order valence-corrected chi connectivity index (χ3v) is 6.84.